The number of hydrogen-bond acceptors (Lipinski definition) is 10. The molecule has 1 saturated carbocycles. The first-order valence-electron chi connectivity index (χ1n) is 22.3. The molecule has 6 rings (SSSR count). The van der Waals surface area contributed by atoms with E-state index in [4.69, 9.17) is 33.7 Å². The zero-order valence-electron chi connectivity index (χ0n) is 37.1. The summed E-state index contributed by atoms with van der Waals surface area (Å²) in [6.07, 6.45) is 9.69. The summed E-state index contributed by atoms with van der Waals surface area (Å²) in [5, 5.41) is 24.8. The maximum atomic E-state index is 14.8. The number of aliphatic hydroxyl groups excluding tert-OH is 2. The van der Waals surface area contributed by atoms with E-state index in [1.54, 1.807) is 29.2 Å². The number of nitrogens with zero attached hydrogens (tertiary/aromatic N) is 2. The van der Waals surface area contributed by atoms with Gasteiger partial charge in [0.2, 0.25) is 5.79 Å². The van der Waals surface area contributed by atoms with Crippen molar-refractivity contribution in [2.75, 3.05) is 39.6 Å². The number of carbonyl (C=O) groups excluding carboxylic acids is 1. The standard InChI is InChI=1S/C51H65FN2O9/c1-6-27-59-40-23-24-45-43(32-40)47-41(18-12-14-26-56)38(17-11-13-25-55)31-42-44(53-63-50(3,4)5)33-46(51(62-45,48(42)47)61-28-7-2)54(34-36-19-21-39(52)22-20-36)49(57)60-30-29-58-35-37-15-9-8-10-16-37/h6-10,15-16,19-24,31-32,38,41,46-48,55-56H,1-2,11-14,17-18,25-30,33-35H2,3-5H3. The lowest BCUT2D eigenvalue weighted by Crippen LogP contribution is -2.70. The Balaban J connectivity index is 1.53. The molecule has 0 radical (unpaired) electrons. The van der Waals surface area contributed by atoms with Crippen molar-refractivity contribution < 1.29 is 47.9 Å². The minimum atomic E-state index is -1.52. The van der Waals surface area contributed by atoms with Crippen molar-refractivity contribution in [1.82, 2.24) is 4.90 Å². The summed E-state index contributed by atoms with van der Waals surface area (Å²) in [6, 6.07) is 20.8. The van der Waals surface area contributed by atoms with Crippen LogP contribution in [0.3, 0.4) is 0 Å². The summed E-state index contributed by atoms with van der Waals surface area (Å²) in [4.78, 5) is 22.7. The molecule has 6 unspecified atom stereocenters. The Bertz CT molecular complexity index is 2020. The third-order valence-corrected chi connectivity index (χ3v) is 11.9. The van der Waals surface area contributed by atoms with Crippen molar-refractivity contribution in [3.8, 4) is 11.5 Å². The van der Waals surface area contributed by atoms with Gasteiger partial charge in [0, 0.05) is 37.7 Å². The molecule has 6 atom stereocenters. The Morgan fingerprint density at radius 3 is 2.37 bits per heavy atom. The molecular formula is C51H65FN2O9. The van der Waals surface area contributed by atoms with Gasteiger partial charge in [-0.15, -0.1) is 6.58 Å². The van der Waals surface area contributed by atoms with E-state index in [0.29, 0.717) is 48.8 Å². The van der Waals surface area contributed by atoms with Crippen molar-refractivity contribution in [3.05, 3.63) is 132 Å². The molecule has 2 N–H and O–H groups in total. The molecule has 3 aromatic rings. The molecule has 12 heteroatoms. The molecule has 3 aromatic carbocycles. The number of fused-ring (bicyclic) bond motifs is 2. The number of hydrogen-bond donors (Lipinski definition) is 2. The Labute approximate surface area is 372 Å². The quantitative estimate of drug-likeness (QED) is 0.0544. The number of halogens is 1. The smallest absolute Gasteiger partial charge is 0.410 e. The van der Waals surface area contributed by atoms with Crippen LogP contribution in [0.1, 0.15) is 88.3 Å². The van der Waals surface area contributed by atoms with E-state index in [9.17, 15) is 19.4 Å². The minimum absolute atomic E-state index is 0.0239. The van der Waals surface area contributed by atoms with E-state index < -0.39 is 35.3 Å². The Morgan fingerprint density at radius 1 is 0.937 bits per heavy atom. The van der Waals surface area contributed by atoms with E-state index in [2.05, 4.69) is 19.2 Å². The summed E-state index contributed by atoms with van der Waals surface area (Å²) in [7, 11) is 0. The third kappa shape index (κ3) is 12.0. The highest BCUT2D eigenvalue weighted by atomic mass is 19.1. The predicted octanol–water partition coefficient (Wildman–Crippen LogP) is 9.68. The van der Waals surface area contributed by atoms with E-state index >= 15 is 0 Å². The highest BCUT2D eigenvalue weighted by Gasteiger charge is 2.65. The monoisotopic (exact) mass is 868 g/mol. The van der Waals surface area contributed by atoms with Gasteiger partial charge in [0.25, 0.3) is 0 Å². The number of allylic oxidation sites excluding steroid dienone is 1. The minimum Gasteiger partial charge on any atom is -0.490 e. The van der Waals surface area contributed by atoms with Crippen LogP contribution in [0.5, 0.6) is 11.5 Å². The molecule has 63 heavy (non-hydrogen) atoms. The van der Waals surface area contributed by atoms with E-state index in [0.717, 1.165) is 42.4 Å². The molecule has 1 fully saturated rings. The van der Waals surface area contributed by atoms with Gasteiger partial charge in [0.1, 0.15) is 42.2 Å². The van der Waals surface area contributed by atoms with Crippen LogP contribution in [0.25, 0.3) is 0 Å². The third-order valence-electron chi connectivity index (χ3n) is 11.9. The number of aliphatic hydroxyl groups is 2. The van der Waals surface area contributed by atoms with Crippen LogP contribution in [0.4, 0.5) is 9.18 Å². The molecule has 0 aromatic heterocycles. The second kappa shape index (κ2) is 22.6. The first-order valence-corrected chi connectivity index (χ1v) is 22.3. The van der Waals surface area contributed by atoms with Crippen LogP contribution < -0.4 is 9.47 Å². The average Bonchev–Trinajstić information content (AvgIpc) is 3.27. The zero-order valence-corrected chi connectivity index (χ0v) is 37.1. The molecule has 0 bridgehead atoms. The SMILES string of the molecule is C=CCOc1ccc2c(c1)C1C(CCCCO)C(CCCCO)C=C3C(=NOC(C)(C)C)CC(N(Cc4ccc(F)cc4)C(=O)OCCOCc4ccccc4)C(OCC=C)(O2)C31. The highest BCUT2D eigenvalue weighted by molar-refractivity contribution is 6.03. The molecule has 3 aliphatic rings. The fourth-order valence-electron chi connectivity index (χ4n) is 9.21. The summed E-state index contributed by atoms with van der Waals surface area (Å²) >= 11 is 0. The zero-order chi connectivity index (χ0) is 44.8. The average molecular weight is 869 g/mol. The van der Waals surface area contributed by atoms with Gasteiger partial charge in [-0.3, -0.25) is 4.90 Å². The summed E-state index contributed by atoms with van der Waals surface area (Å²) in [5.74, 6) is -1.37. The second-order valence-electron chi connectivity index (χ2n) is 17.5. The van der Waals surface area contributed by atoms with E-state index in [1.165, 1.54) is 12.1 Å². The van der Waals surface area contributed by atoms with Crippen molar-refractivity contribution in [2.45, 2.75) is 102 Å². The van der Waals surface area contributed by atoms with Crippen LogP contribution in [0.2, 0.25) is 0 Å². The lowest BCUT2D eigenvalue weighted by atomic mass is 9.55. The number of carbonyl (C=O) groups is 1. The molecule has 0 saturated heterocycles. The fourth-order valence-corrected chi connectivity index (χ4v) is 9.21. The molecule has 340 valence electrons. The summed E-state index contributed by atoms with van der Waals surface area (Å²) in [6.45, 7) is 14.8. The van der Waals surface area contributed by atoms with Gasteiger partial charge in [-0.2, -0.15) is 0 Å². The van der Waals surface area contributed by atoms with Crippen LogP contribution in [-0.4, -0.2) is 84.0 Å². The largest absolute Gasteiger partial charge is 0.490 e. The number of oxime groups is 1. The van der Waals surface area contributed by atoms with Gasteiger partial charge in [-0.05, 0) is 105 Å². The van der Waals surface area contributed by atoms with Crippen molar-refractivity contribution in [1.29, 1.82) is 0 Å². The van der Waals surface area contributed by atoms with Crippen LogP contribution in [0, 0.1) is 23.6 Å². The van der Waals surface area contributed by atoms with Gasteiger partial charge in [-0.25, -0.2) is 9.18 Å². The van der Waals surface area contributed by atoms with Crippen LogP contribution in [-0.2, 0) is 32.2 Å². The van der Waals surface area contributed by atoms with Gasteiger partial charge in [-0.1, -0.05) is 85.3 Å². The van der Waals surface area contributed by atoms with E-state index in [1.807, 2.05) is 69.3 Å². The number of unbranched alkanes of at least 4 members (excludes halogenated alkanes) is 2. The fraction of sp³-hybridized carbons (Fsp3) is 0.490. The van der Waals surface area contributed by atoms with Crippen molar-refractivity contribution in [3.63, 3.8) is 0 Å². The lowest BCUT2D eigenvalue weighted by molar-refractivity contribution is -0.256. The number of ether oxygens (including phenoxy) is 5. The predicted molar refractivity (Wildman–Crippen MR) is 241 cm³/mol. The molecular weight excluding hydrogens is 804 g/mol. The topological polar surface area (TPSA) is 129 Å². The highest BCUT2D eigenvalue weighted by Crippen LogP contribution is 2.62. The Kier molecular flexibility index (Phi) is 17.0. The maximum Gasteiger partial charge on any atom is 0.410 e. The van der Waals surface area contributed by atoms with Gasteiger partial charge in [0.15, 0.2) is 0 Å². The first-order chi connectivity index (χ1) is 30.5. The summed E-state index contributed by atoms with van der Waals surface area (Å²) < 4.78 is 46.8. The van der Waals surface area contributed by atoms with E-state index in [-0.39, 0.29) is 63.8 Å². The Morgan fingerprint density at radius 2 is 1.67 bits per heavy atom. The number of amides is 1. The Hall–Kier alpha value is -5.01. The lowest BCUT2D eigenvalue weighted by Gasteiger charge is -2.60. The molecule has 11 nitrogen and oxygen atoms in total. The molecule has 2 aliphatic carbocycles. The summed E-state index contributed by atoms with van der Waals surface area (Å²) in [5.41, 5.74) is 3.52. The van der Waals surface area contributed by atoms with Crippen molar-refractivity contribution in [2.24, 2.45) is 22.9 Å². The normalized spacial score (nSPS) is 23.1. The second-order valence-corrected chi connectivity index (χ2v) is 17.5. The van der Waals surface area contributed by atoms with Crippen molar-refractivity contribution >= 4 is 11.8 Å². The molecule has 1 aliphatic heterocycles. The molecule has 1 amide bonds. The molecule has 0 spiro atoms. The maximum absolute atomic E-state index is 14.8. The van der Waals surface area contributed by atoms with Gasteiger partial charge < -0.3 is 38.7 Å². The number of rotatable bonds is 23. The van der Waals surface area contributed by atoms with Crippen LogP contribution in [0.15, 0.2) is 115 Å². The van der Waals surface area contributed by atoms with Gasteiger partial charge in [0.05, 0.1) is 31.5 Å². The number of benzene rings is 3. The first kappa shape index (κ1) is 47.5. The molecule has 1 heterocycles. The van der Waals surface area contributed by atoms with Gasteiger partial charge >= 0.3 is 6.09 Å². The van der Waals surface area contributed by atoms with Crippen LogP contribution >= 0.6 is 0 Å².